The summed E-state index contributed by atoms with van der Waals surface area (Å²) in [6.07, 6.45) is 4.01. The van der Waals surface area contributed by atoms with E-state index < -0.39 is 17.9 Å². The highest BCUT2D eigenvalue weighted by molar-refractivity contribution is 5.79. The maximum atomic E-state index is 13.8. The molecule has 2 heterocycles. The van der Waals surface area contributed by atoms with Crippen LogP contribution in [-0.4, -0.2) is 21.1 Å². The van der Waals surface area contributed by atoms with Gasteiger partial charge in [0.1, 0.15) is 24.8 Å². The van der Waals surface area contributed by atoms with Crippen LogP contribution in [0, 0.1) is 12.8 Å². The van der Waals surface area contributed by atoms with Crippen LogP contribution in [0.15, 0.2) is 64.3 Å². The minimum absolute atomic E-state index is 0.139. The van der Waals surface area contributed by atoms with Gasteiger partial charge in [0.25, 0.3) is 5.56 Å². The zero-order chi connectivity index (χ0) is 23.7. The summed E-state index contributed by atoms with van der Waals surface area (Å²) in [5.41, 5.74) is 1.26. The van der Waals surface area contributed by atoms with Gasteiger partial charge in [-0.25, -0.2) is 13.8 Å². The highest BCUT2D eigenvalue weighted by Crippen LogP contribution is 2.30. The molecular formula is C26H24FN3O4. The highest BCUT2D eigenvalue weighted by atomic mass is 19.1. The molecule has 8 heteroatoms. The molecule has 1 N–H and O–H groups in total. The summed E-state index contributed by atoms with van der Waals surface area (Å²) >= 11 is 0. The molecule has 0 bridgehead atoms. The monoisotopic (exact) mass is 461 g/mol. The van der Waals surface area contributed by atoms with E-state index in [-0.39, 0.29) is 17.9 Å². The second kappa shape index (κ2) is 9.13. The predicted molar refractivity (Wildman–Crippen MR) is 127 cm³/mol. The Labute approximate surface area is 194 Å². The summed E-state index contributed by atoms with van der Waals surface area (Å²) in [6, 6.07) is 13.4. The van der Waals surface area contributed by atoms with Gasteiger partial charge < -0.3 is 14.5 Å². The maximum absolute atomic E-state index is 13.8. The molecule has 2 aromatic carbocycles. The molecule has 0 unspecified atom stereocenters. The molecule has 0 radical (unpaired) electrons. The second-order valence-electron chi connectivity index (χ2n) is 8.51. The number of nitrogens with zero attached hydrogens (tertiary/aromatic N) is 2. The van der Waals surface area contributed by atoms with Gasteiger partial charge in [0.05, 0.1) is 28.9 Å². The Morgan fingerprint density at radius 3 is 2.65 bits per heavy atom. The molecule has 0 atom stereocenters. The van der Waals surface area contributed by atoms with Crippen molar-refractivity contribution in [1.82, 2.24) is 14.5 Å². The van der Waals surface area contributed by atoms with Crippen molar-refractivity contribution < 1.29 is 13.9 Å². The number of aryl methyl sites for hydroxylation is 1. The average Bonchev–Trinajstić information content (AvgIpc) is 3.67. The van der Waals surface area contributed by atoms with Crippen LogP contribution < -0.4 is 20.7 Å². The highest BCUT2D eigenvalue weighted by Gasteiger charge is 2.22. The molecule has 0 saturated heterocycles. The van der Waals surface area contributed by atoms with Gasteiger partial charge in [0, 0.05) is 23.9 Å². The molecule has 4 aromatic rings. The normalized spacial score (nSPS) is 13.2. The molecule has 34 heavy (non-hydrogen) atoms. The number of fused-ring (bicyclic) bond motifs is 1. The van der Waals surface area contributed by atoms with Crippen molar-refractivity contribution in [3.8, 4) is 17.2 Å². The number of alkyl halides is 1. The fourth-order valence-corrected chi connectivity index (χ4v) is 3.78. The fourth-order valence-electron chi connectivity index (χ4n) is 3.78. The van der Waals surface area contributed by atoms with Crippen molar-refractivity contribution in [2.24, 2.45) is 5.92 Å². The molecule has 1 aliphatic rings. The van der Waals surface area contributed by atoms with Gasteiger partial charge in [0.2, 0.25) is 0 Å². The minimum Gasteiger partial charge on any atom is -0.493 e. The van der Waals surface area contributed by atoms with Gasteiger partial charge in [-0.2, -0.15) is 0 Å². The van der Waals surface area contributed by atoms with Gasteiger partial charge in [-0.1, -0.05) is 12.1 Å². The van der Waals surface area contributed by atoms with E-state index >= 15 is 0 Å². The molecular weight excluding hydrogens is 437 g/mol. The van der Waals surface area contributed by atoms with Crippen LogP contribution in [0.3, 0.4) is 0 Å². The summed E-state index contributed by atoms with van der Waals surface area (Å²) in [6.45, 7) is 1.91. The average molecular weight is 461 g/mol. The first-order valence-electron chi connectivity index (χ1n) is 11.2. The third-order valence-corrected chi connectivity index (χ3v) is 5.99. The van der Waals surface area contributed by atoms with Crippen molar-refractivity contribution >= 4 is 10.9 Å². The first-order chi connectivity index (χ1) is 16.5. The Morgan fingerprint density at radius 2 is 1.88 bits per heavy atom. The van der Waals surface area contributed by atoms with E-state index in [0.29, 0.717) is 34.9 Å². The van der Waals surface area contributed by atoms with Gasteiger partial charge in [-0.15, -0.1) is 0 Å². The van der Waals surface area contributed by atoms with Gasteiger partial charge in [-0.05, 0) is 55.5 Å². The largest absolute Gasteiger partial charge is 0.493 e. The van der Waals surface area contributed by atoms with Crippen LogP contribution in [0.1, 0.15) is 29.7 Å². The summed E-state index contributed by atoms with van der Waals surface area (Å²) in [5.74, 6) is 1.57. The van der Waals surface area contributed by atoms with Crippen LogP contribution in [0.25, 0.3) is 16.6 Å². The van der Waals surface area contributed by atoms with E-state index in [9.17, 15) is 14.0 Å². The van der Waals surface area contributed by atoms with Crippen molar-refractivity contribution in [3.63, 3.8) is 0 Å². The topological polar surface area (TPSA) is 86.2 Å². The number of H-pyrrole nitrogens is 1. The predicted octanol–water partition coefficient (Wildman–Crippen LogP) is 4.22. The van der Waals surface area contributed by atoms with Crippen LogP contribution in [-0.2, 0) is 13.3 Å². The molecule has 0 aliphatic heterocycles. The third kappa shape index (κ3) is 4.44. The zero-order valence-corrected chi connectivity index (χ0v) is 18.7. The molecule has 0 spiro atoms. The number of benzene rings is 2. The number of halogens is 1. The number of rotatable bonds is 8. The first-order valence-corrected chi connectivity index (χ1v) is 11.2. The zero-order valence-electron chi connectivity index (χ0n) is 18.7. The summed E-state index contributed by atoms with van der Waals surface area (Å²) in [4.78, 5) is 33.2. The lowest BCUT2D eigenvalue weighted by Crippen LogP contribution is -2.34. The van der Waals surface area contributed by atoms with Crippen molar-refractivity contribution in [1.29, 1.82) is 0 Å². The Morgan fingerprint density at radius 1 is 1.09 bits per heavy atom. The summed E-state index contributed by atoms with van der Waals surface area (Å²) < 4.78 is 26.3. The number of pyridine rings is 1. The lowest BCUT2D eigenvalue weighted by molar-refractivity contribution is 0.300. The van der Waals surface area contributed by atoms with Crippen molar-refractivity contribution in [2.75, 3.05) is 6.61 Å². The van der Waals surface area contributed by atoms with Crippen LogP contribution in [0.4, 0.5) is 4.39 Å². The quantitative estimate of drug-likeness (QED) is 0.425. The lowest BCUT2D eigenvalue weighted by atomic mass is 10.1. The number of aromatic nitrogens is 3. The Bertz CT molecular complexity index is 1470. The van der Waals surface area contributed by atoms with Crippen LogP contribution in [0.5, 0.6) is 11.5 Å². The van der Waals surface area contributed by atoms with Crippen LogP contribution >= 0.6 is 0 Å². The number of hydrogen-bond acceptors (Lipinski definition) is 5. The van der Waals surface area contributed by atoms with E-state index in [1.54, 1.807) is 30.5 Å². The second-order valence-corrected chi connectivity index (χ2v) is 8.51. The van der Waals surface area contributed by atoms with E-state index in [1.807, 2.05) is 19.1 Å². The number of aromatic amines is 1. The molecule has 1 saturated carbocycles. The van der Waals surface area contributed by atoms with Crippen molar-refractivity contribution in [3.05, 3.63) is 92.4 Å². The summed E-state index contributed by atoms with van der Waals surface area (Å²) in [5, 5.41) is 0.304. The van der Waals surface area contributed by atoms with Gasteiger partial charge >= 0.3 is 5.69 Å². The molecule has 174 valence electrons. The van der Waals surface area contributed by atoms with E-state index in [2.05, 4.69) is 9.97 Å². The third-order valence-electron chi connectivity index (χ3n) is 5.99. The molecule has 0 amide bonds. The summed E-state index contributed by atoms with van der Waals surface area (Å²) in [7, 11) is 0. The van der Waals surface area contributed by atoms with E-state index in [1.165, 1.54) is 12.1 Å². The van der Waals surface area contributed by atoms with Crippen LogP contribution in [0.2, 0.25) is 0 Å². The first kappa shape index (κ1) is 21.9. The molecule has 5 rings (SSSR count). The Hall–Kier alpha value is -3.94. The van der Waals surface area contributed by atoms with Crippen molar-refractivity contribution in [2.45, 2.75) is 33.0 Å². The number of hydrogen-bond donors (Lipinski definition) is 1. The van der Waals surface area contributed by atoms with Gasteiger partial charge in [-0.3, -0.25) is 9.78 Å². The maximum Gasteiger partial charge on any atom is 0.333 e. The standard InChI is InChI=1S/C26H24FN3O4/c1-16-3-2-10-28-23(16)15-34-20-7-6-18(13-27)24(12-20)30-25(31)21-9-8-19(33-14-17-4-5-17)11-22(21)29-26(30)32/h2-3,6-12,17H,4-5,13-15H2,1H3,(H,29,32). The Kier molecular flexibility index (Phi) is 5.88. The lowest BCUT2D eigenvalue weighted by Gasteiger charge is -2.14. The number of ether oxygens (including phenoxy) is 2. The SMILES string of the molecule is Cc1cccnc1COc1ccc(CF)c(-n2c(=O)[nH]c3cc(OCC4CC4)ccc3c2=O)c1. The minimum atomic E-state index is -0.840. The molecule has 2 aromatic heterocycles. The fraction of sp³-hybridized carbons (Fsp3) is 0.269. The molecule has 1 fully saturated rings. The van der Waals surface area contributed by atoms with E-state index in [0.717, 1.165) is 28.7 Å². The smallest absolute Gasteiger partial charge is 0.333 e. The molecule has 7 nitrogen and oxygen atoms in total. The number of nitrogens with one attached hydrogen (secondary N) is 1. The molecule has 1 aliphatic carbocycles. The van der Waals surface area contributed by atoms with Gasteiger partial charge in [0.15, 0.2) is 0 Å². The van der Waals surface area contributed by atoms with E-state index in [4.69, 9.17) is 9.47 Å². The Balaban J connectivity index is 1.50.